The Morgan fingerprint density at radius 3 is 2.81 bits per heavy atom. The number of aliphatic imine (C=N–C) groups is 1. The van der Waals surface area contributed by atoms with E-state index in [0.717, 1.165) is 5.57 Å². The van der Waals surface area contributed by atoms with Gasteiger partial charge in [0.1, 0.15) is 0 Å². The molecule has 1 aliphatic rings. The van der Waals surface area contributed by atoms with Crippen molar-refractivity contribution in [2.75, 3.05) is 7.05 Å². The molecule has 0 radical (unpaired) electrons. The lowest BCUT2D eigenvalue weighted by atomic mass is 9.90. The van der Waals surface area contributed by atoms with Crippen molar-refractivity contribution in [1.29, 1.82) is 0 Å². The third kappa shape index (κ3) is 3.15. The van der Waals surface area contributed by atoms with Gasteiger partial charge in [0.05, 0.1) is 5.92 Å². The van der Waals surface area contributed by atoms with Gasteiger partial charge in [0.25, 0.3) is 0 Å². The summed E-state index contributed by atoms with van der Waals surface area (Å²) in [4.78, 5) is 26.6. The molecule has 86 valence electrons. The van der Waals surface area contributed by atoms with E-state index >= 15 is 0 Å². The molecule has 4 heteroatoms. The summed E-state index contributed by atoms with van der Waals surface area (Å²) in [5.74, 6) is -0.690. The SMILES string of the molecule is C/C=C\C=C(/C=NC)C1CCC(=O)NC1=O. The average Bonchev–Trinajstić information content (AvgIpc) is 2.25. The first kappa shape index (κ1) is 12.4. The highest BCUT2D eigenvalue weighted by Crippen LogP contribution is 2.20. The van der Waals surface area contributed by atoms with E-state index in [1.165, 1.54) is 0 Å². The summed E-state index contributed by atoms with van der Waals surface area (Å²) in [6.07, 6.45) is 8.21. The molecule has 2 amide bonds. The number of amides is 2. The number of carbonyl (C=O) groups is 2. The maximum atomic E-state index is 11.6. The van der Waals surface area contributed by atoms with E-state index in [1.807, 2.05) is 25.2 Å². The van der Waals surface area contributed by atoms with Gasteiger partial charge in [-0.2, -0.15) is 0 Å². The van der Waals surface area contributed by atoms with Crippen molar-refractivity contribution < 1.29 is 9.59 Å². The van der Waals surface area contributed by atoms with Crippen LogP contribution in [-0.4, -0.2) is 25.1 Å². The lowest BCUT2D eigenvalue weighted by molar-refractivity contribution is -0.135. The van der Waals surface area contributed by atoms with E-state index in [2.05, 4.69) is 10.3 Å². The molecular weight excluding hydrogens is 204 g/mol. The van der Waals surface area contributed by atoms with Crippen LogP contribution in [0, 0.1) is 5.92 Å². The van der Waals surface area contributed by atoms with Gasteiger partial charge in [-0.25, -0.2) is 0 Å². The molecule has 0 spiro atoms. The van der Waals surface area contributed by atoms with Crippen LogP contribution < -0.4 is 5.32 Å². The topological polar surface area (TPSA) is 58.5 Å². The monoisotopic (exact) mass is 220 g/mol. The second-order valence-corrected chi connectivity index (χ2v) is 3.58. The Labute approximate surface area is 95.1 Å². The van der Waals surface area contributed by atoms with Gasteiger partial charge in [-0.3, -0.25) is 19.9 Å². The van der Waals surface area contributed by atoms with Crippen LogP contribution in [0.5, 0.6) is 0 Å². The number of allylic oxidation sites excluding steroid dienone is 3. The first-order valence-corrected chi connectivity index (χ1v) is 5.27. The zero-order valence-corrected chi connectivity index (χ0v) is 9.56. The molecule has 1 N–H and O–H groups in total. The van der Waals surface area contributed by atoms with Gasteiger partial charge >= 0.3 is 0 Å². The molecule has 0 bridgehead atoms. The smallest absolute Gasteiger partial charge is 0.234 e. The molecule has 1 saturated heterocycles. The second-order valence-electron chi connectivity index (χ2n) is 3.58. The van der Waals surface area contributed by atoms with Gasteiger partial charge < -0.3 is 0 Å². The number of hydrogen-bond acceptors (Lipinski definition) is 3. The summed E-state index contributed by atoms with van der Waals surface area (Å²) in [5.41, 5.74) is 0.839. The minimum atomic E-state index is -0.266. The molecule has 0 aromatic rings. The molecule has 1 aliphatic heterocycles. The number of imide groups is 1. The summed E-state index contributed by atoms with van der Waals surface area (Å²) in [7, 11) is 1.66. The number of hydrogen-bond donors (Lipinski definition) is 1. The van der Waals surface area contributed by atoms with Crippen molar-refractivity contribution in [1.82, 2.24) is 5.32 Å². The van der Waals surface area contributed by atoms with Crippen molar-refractivity contribution >= 4 is 18.0 Å². The Morgan fingerprint density at radius 2 is 2.25 bits per heavy atom. The van der Waals surface area contributed by atoms with Crippen LogP contribution in [0.3, 0.4) is 0 Å². The van der Waals surface area contributed by atoms with E-state index in [9.17, 15) is 9.59 Å². The van der Waals surface area contributed by atoms with Crippen LogP contribution in [0.2, 0.25) is 0 Å². The van der Waals surface area contributed by atoms with Crippen molar-refractivity contribution in [3.63, 3.8) is 0 Å². The zero-order chi connectivity index (χ0) is 12.0. The highest BCUT2D eigenvalue weighted by molar-refractivity contribution is 6.02. The molecule has 4 nitrogen and oxygen atoms in total. The minimum absolute atomic E-state index is 0.194. The van der Waals surface area contributed by atoms with Crippen molar-refractivity contribution in [3.05, 3.63) is 23.8 Å². The molecule has 1 atom stereocenters. The fourth-order valence-corrected chi connectivity index (χ4v) is 1.62. The third-order valence-corrected chi connectivity index (χ3v) is 2.40. The van der Waals surface area contributed by atoms with Crippen molar-refractivity contribution in [2.24, 2.45) is 10.9 Å². The maximum absolute atomic E-state index is 11.6. The molecule has 1 heterocycles. The summed E-state index contributed by atoms with van der Waals surface area (Å²) in [6, 6.07) is 0. The highest BCUT2D eigenvalue weighted by Gasteiger charge is 2.28. The predicted octanol–water partition coefficient (Wildman–Crippen LogP) is 1.24. The molecule has 1 rings (SSSR count). The van der Waals surface area contributed by atoms with Gasteiger partial charge in [0, 0.05) is 19.7 Å². The van der Waals surface area contributed by atoms with E-state index in [0.29, 0.717) is 12.8 Å². The fourth-order valence-electron chi connectivity index (χ4n) is 1.62. The Bertz CT molecular complexity index is 367. The predicted molar refractivity (Wildman–Crippen MR) is 63.2 cm³/mol. The van der Waals surface area contributed by atoms with E-state index in [4.69, 9.17) is 0 Å². The summed E-state index contributed by atoms with van der Waals surface area (Å²) >= 11 is 0. The van der Waals surface area contributed by atoms with E-state index in [1.54, 1.807) is 13.3 Å². The van der Waals surface area contributed by atoms with Crippen LogP contribution in [0.4, 0.5) is 0 Å². The Hall–Kier alpha value is -1.71. The molecule has 0 aromatic heterocycles. The lowest BCUT2D eigenvalue weighted by Gasteiger charge is -2.21. The maximum Gasteiger partial charge on any atom is 0.234 e. The van der Waals surface area contributed by atoms with Crippen molar-refractivity contribution in [3.8, 4) is 0 Å². The van der Waals surface area contributed by atoms with Crippen LogP contribution in [0.1, 0.15) is 19.8 Å². The van der Waals surface area contributed by atoms with E-state index < -0.39 is 0 Å². The number of piperidine rings is 1. The number of rotatable bonds is 3. The standard InChI is InChI=1S/C12H16N2O2/c1-3-4-5-9(8-13-2)10-6-7-11(15)14-12(10)16/h3-5,8,10H,6-7H2,1-2H3,(H,14,15,16)/b4-3-,9-5+,13-8?. The van der Waals surface area contributed by atoms with Gasteiger partial charge in [-0.15, -0.1) is 0 Å². The van der Waals surface area contributed by atoms with Gasteiger partial charge in [0.15, 0.2) is 0 Å². The Kier molecular flexibility index (Phi) is 4.64. The first-order valence-electron chi connectivity index (χ1n) is 5.27. The average molecular weight is 220 g/mol. The second kappa shape index (κ2) is 6.00. The van der Waals surface area contributed by atoms with Gasteiger partial charge in [-0.1, -0.05) is 18.2 Å². The van der Waals surface area contributed by atoms with Gasteiger partial charge in [-0.05, 0) is 18.9 Å². The molecule has 16 heavy (non-hydrogen) atoms. The molecule has 0 aliphatic carbocycles. The van der Waals surface area contributed by atoms with Crippen LogP contribution >= 0.6 is 0 Å². The van der Waals surface area contributed by atoms with Crippen molar-refractivity contribution in [2.45, 2.75) is 19.8 Å². The van der Waals surface area contributed by atoms with Crippen LogP contribution in [0.25, 0.3) is 0 Å². The van der Waals surface area contributed by atoms with Crippen LogP contribution in [-0.2, 0) is 9.59 Å². The fraction of sp³-hybridized carbons (Fsp3) is 0.417. The Balaban J connectivity index is 2.86. The number of carbonyl (C=O) groups excluding carboxylic acids is 2. The molecule has 0 saturated carbocycles. The van der Waals surface area contributed by atoms with Gasteiger partial charge in [0.2, 0.25) is 11.8 Å². The molecular formula is C12H16N2O2. The van der Waals surface area contributed by atoms with Crippen LogP contribution in [0.15, 0.2) is 28.8 Å². The zero-order valence-electron chi connectivity index (χ0n) is 9.56. The first-order chi connectivity index (χ1) is 7.69. The number of nitrogens with zero attached hydrogens (tertiary/aromatic N) is 1. The minimum Gasteiger partial charge on any atom is -0.296 e. The largest absolute Gasteiger partial charge is 0.296 e. The Morgan fingerprint density at radius 1 is 1.50 bits per heavy atom. The molecule has 1 unspecified atom stereocenters. The molecule has 1 fully saturated rings. The summed E-state index contributed by atoms with van der Waals surface area (Å²) < 4.78 is 0. The lowest BCUT2D eigenvalue weighted by Crippen LogP contribution is -2.41. The normalized spacial score (nSPS) is 23.1. The molecule has 0 aromatic carbocycles. The third-order valence-electron chi connectivity index (χ3n) is 2.40. The highest BCUT2D eigenvalue weighted by atomic mass is 16.2. The summed E-state index contributed by atoms with van der Waals surface area (Å²) in [5, 5.41) is 2.34. The summed E-state index contributed by atoms with van der Waals surface area (Å²) in [6.45, 7) is 1.90. The quantitative estimate of drug-likeness (QED) is 0.442. The van der Waals surface area contributed by atoms with E-state index in [-0.39, 0.29) is 17.7 Å². The number of nitrogens with one attached hydrogen (secondary N) is 1.